The van der Waals surface area contributed by atoms with Crippen molar-refractivity contribution in [1.82, 2.24) is 4.90 Å². The van der Waals surface area contributed by atoms with E-state index in [9.17, 15) is 9.59 Å². The van der Waals surface area contributed by atoms with Crippen LogP contribution in [0.5, 0.6) is 0 Å². The van der Waals surface area contributed by atoms with Crippen molar-refractivity contribution in [2.75, 3.05) is 13.2 Å². The molecule has 4 aliphatic rings. The number of primary amides is 1. The van der Waals surface area contributed by atoms with E-state index in [1.807, 2.05) is 13.8 Å². The van der Waals surface area contributed by atoms with Gasteiger partial charge in [0.15, 0.2) is 0 Å². The average molecular weight is 379 g/mol. The lowest BCUT2D eigenvalue weighted by molar-refractivity contribution is -0.147. The number of unbranched alkanes of at least 4 members (excludes halogenated alkanes) is 3. The minimum atomic E-state index is -0.215. The third-order valence-corrected chi connectivity index (χ3v) is 7.30. The third-order valence-electron chi connectivity index (χ3n) is 7.30. The molecule has 4 rings (SSSR count). The Hall–Kier alpha value is -1.26. The van der Waals surface area contributed by atoms with E-state index < -0.39 is 0 Å². The molecule has 154 valence electrons. The molecule has 4 saturated carbocycles. The maximum Gasteiger partial charge on any atom is 0.315 e. The molecule has 5 nitrogen and oxygen atoms in total. The van der Waals surface area contributed by atoms with Crippen molar-refractivity contribution >= 4 is 12.0 Å². The molecule has 0 saturated heterocycles. The number of esters is 1. The van der Waals surface area contributed by atoms with Crippen LogP contribution in [0.25, 0.3) is 0 Å². The molecule has 0 aromatic rings. The van der Waals surface area contributed by atoms with E-state index >= 15 is 0 Å². The van der Waals surface area contributed by atoms with E-state index in [4.69, 9.17) is 10.5 Å². The summed E-state index contributed by atoms with van der Waals surface area (Å²) in [6, 6.07) is -0.215. The summed E-state index contributed by atoms with van der Waals surface area (Å²) >= 11 is 0. The number of amides is 2. The van der Waals surface area contributed by atoms with Crippen LogP contribution in [0.3, 0.4) is 0 Å². The molecule has 0 aliphatic heterocycles. The molecule has 0 spiro atoms. The first kappa shape index (κ1) is 20.5. The lowest BCUT2D eigenvalue weighted by Gasteiger charge is -2.60. The zero-order valence-corrected chi connectivity index (χ0v) is 17.3. The predicted molar refractivity (Wildman–Crippen MR) is 106 cm³/mol. The van der Waals surface area contributed by atoms with Gasteiger partial charge in [-0.2, -0.15) is 0 Å². The van der Waals surface area contributed by atoms with Gasteiger partial charge in [0.1, 0.15) is 0 Å². The minimum absolute atomic E-state index is 0.0147. The summed E-state index contributed by atoms with van der Waals surface area (Å²) in [7, 11) is 0. The van der Waals surface area contributed by atoms with Gasteiger partial charge in [-0.05, 0) is 76.0 Å². The first-order chi connectivity index (χ1) is 12.9. The highest BCUT2D eigenvalue weighted by atomic mass is 16.5. The maximum absolute atomic E-state index is 12.3. The van der Waals surface area contributed by atoms with Gasteiger partial charge in [-0.1, -0.05) is 26.2 Å². The van der Waals surface area contributed by atoms with Crippen LogP contribution in [0, 0.1) is 23.7 Å². The Kier molecular flexibility index (Phi) is 6.69. The number of nitrogens with two attached hydrogens (primary N) is 1. The smallest absolute Gasteiger partial charge is 0.315 e. The highest BCUT2D eigenvalue weighted by molar-refractivity contribution is 5.73. The summed E-state index contributed by atoms with van der Waals surface area (Å²) in [6.07, 6.45) is 12.8. The van der Waals surface area contributed by atoms with Gasteiger partial charge in [-0.3, -0.25) is 4.79 Å². The number of carbonyl (C=O) groups excluding carboxylic acids is 2. The van der Waals surface area contributed by atoms with Gasteiger partial charge in [-0.15, -0.1) is 0 Å². The van der Waals surface area contributed by atoms with Gasteiger partial charge in [0.25, 0.3) is 0 Å². The van der Waals surface area contributed by atoms with Gasteiger partial charge in [0.05, 0.1) is 12.5 Å². The molecular formula is C22H38N2O3. The summed E-state index contributed by atoms with van der Waals surface area (Å²) in [6.45, 7) is 5.05. The highest BCUT2D eigenvalue weighted by Gasteiger charge is 2.54. The SMILES string of the molecule is CCOC(=O)C(C)CCCCCCN(C(N)=O)C12CC3CC(CC(C3)C1)C2. The molecule has 1 unspecified atom stereocenters. The van der Waals surface area contributed by atoms with Crippen LogP contribution in [0.4, 0.5) is 4.79 Å². The number of hydrogen-bond donors (Lipinski definition) is 1. The van der Waals surface area contributed by atoms with E-state index in [-0.39, 0.29) is 23.5 Å². The largest absolute Gasteiger partial charge is 0.466 e. The fraction of sp³-hybridized carbons (Fsp3) is 0.909. The van der Waals surface area contributed by atoms with E-state index in [1.54, 1.807) is 0 Å². The number of rotatable bonds is 10. The van der Waals surface area contributed by atoms with Crippen LogP contribution in [-0.4, -0.2) is 35.6 Å². The third kappa shape index (κ3) is 4.78. The van der Waals surface area contributed by atoms with Crippen molar-refractivity contribution in [3.63, 3.8) is 0 Å². The van der Waals surface area contributed by atoms with E-state index in [0.29, 0.717) is 6.61 Å². The normalized spacial score (nSPS) is 32.3. The van der Waals surface area contributed by atoms with Gasteiger partial charge in [0, 0.05) is 12.1 Å². The van der Waals surface area contributed by atoms with Crippen molar-refractivity contribution in [2.45, 2.75) is 90.0 Å². The van der Waals surface area contributed by atoms with Crippen molar-refractivity contribution in [2.24, 2.45) is 29.4 Å². The quantitative estimate of drug-likeness (QED) is 0.450. The summed E-state index contributed by atoms with van der Waals surface area (Å²) in [5.41, 5.74) is 5.90. The standard InChI is InChI=1S/C22H38N2O3/c1-3-27-20(25)16(2)8-6-4-5-7-9-24(21(23)26)22-13-17-10-18(14-22)12-19(11-17)15-22/h16-19H,3-15H2,1-2H3,(H2,23,26). The molecule has 27 heavy (non-hydrogen) atoms. The highest BCUT2D eigenvalue weighted by Crippen LogP contribution is 2.57. The Morgan fingerprint density at radius 2 is 1.59 bits per heavy atom. The molecule has 2 amide bonds. The first-order valence-electron chi connectivity index (χ1n) is 11.2. The molecule has 0 aromatic carbocycles. The number of urea groups is 1. The zero-order chi connectivity index (χ0) is 19.4. The van der Waals surface area contributed by atoms with Gasteiger partial charge in [0.2, 0.25) is 0 Å². The van der Waals surface area contributed by atoms with Crippen molar-refractivity contribution in [3.05, 3.63) is 0 Å². The minimum Gasteiger partial charge on any atom is -0.466 e. The molecular weight excluding hydrogens is 340 g/mol. The molecule has 5 heteroatoms. The number of ether oxygens (including phenoxy) is 1. The Morgan fingerprint density at radius 3 is 2.11 bits per heavy atom. The second-order valence-electron chi connectivity index (χ2n) is 9.49. The number of nitrogens with zero attached hydrogens (tertiary/aromatic N) is 1. The average Bonchev–Trinajstić information content (AvgIpc) is 2.59. The van der Waals surface area contributed by atoms with E-state index in [2.05, 4.69) is 4.90 Å². The number of hydrogen-bond acceptors (Lipinski definition) is 3. The molecule has 0 radical (unpaired) electrons. The first-order valence-corrected chi connectivity index (χ1v) is 11.2. The van der Waals surface area contributed by atoms with E-state index in [1.165, 1.54) is 38.5 Å². The molecule has 4 bridgehead atoms. The second kappa shape index (κ2) is 8.83. The predicted octanol–water partition coefficient (Wildman–Crippen LogP) is 4.49. The lowest BCUT2D eigenvalue weighted by Crippen LogP contribution is -2.62. The molecule has 4 aliphatic carbocycles. The Labute approximate surface area is 164 Å². The zero-order valence-electron chi connectivity index (χ0n) is 17.3. The van der Waals surface area contributed by atoms with Gasteiger partial charge >= 0.3 is 12.0 Å². The monoisotopic (exact) mass is 378 g/mol. The Bertz CT molecular complexity index is 498. The summed E-state index contributed by atoms with van der Waals surface area (Å²) < 4.78 is 5.06. The molecule has 2 N–H and O–H groups in total. The fourth-order valence-electron chi connectivity index (χ4n) is 6.45. The van der Waals surface area contributed by atoms with Crippen LogP contribution >= 0.6 is 0 Å². The summed E-state index contributed by atoms with van der Waals surface area (Å²) in [5, 5.41) is 0. The van der Waals surface area contributed by atoms with Gasteiger partial charge in [-0.25, -0.2) is 4.79 Å². The summed E-state index contributed by atoms with van der Waals surface area (Å²) in [5.74, 6) is 2.37. The van der Waals surface area contributed by atoms with Crippen LogP contribution in [0.1, 0.15) is 84.5 Å². The van der Waals surface area contributed by atoms with Crippen molar-refractivity contribution < 1.29 is 14.3 Å². The lowest BCUT2D eigenvalue weighted by atomic mass is 9.52. The Balaban J connectivity index is 1.41. The molecule has 0 heterocycles. The second-order valence-corrected chi connectivity index (χ2v) is 9.49. The molecule has 4 fully saturated rings. The van der Waals surface area contributed by atoms with Gasteiger partial charge < -0.3 is 15.4 Å². The fourth-order valence-corrected chi connectivity index (χ4v) is 6.45. The molecule has 1 atom stereocenters. The summed E-state index contributed by atoms with van der Waals surface area (Å²) in [4.78, 5) is 26.0. The van der Waals surface area contributed by atoms with Crippen LogP contribution in [-0.2, 0) is 9.53 Å². The van der Waals surface area contributed by atoms with Crippen molar-refractivity contribution in [1.29, 1.82) is 0 Å². The maximum atomic E-state index is 12.3. The van der Waals surface area contributed by atoms with Crippen molar-refractivity contribution in [3.8, 4) is 0 Å². The van der Waals surface area contributed by atoms with Crippen LogP contribution < -0.4 is 5.73 Å². The topological polar surface area (TPSA) is 72.6 Å². The Morgan fingerprint density at radius 1 is 1.04 bits per heavy atom. The van der Waals surface area contributed by atoms with E-state index in [0.717, 1.165) is 56.4 Å². The number of carbonyl (C=O) groups is 2. The van der Waals surface area contributed by atoms with Crippen LogP contribution in [0.15, 0.2) is 0 Å². The van der Waals surface area contributed by atoms with Crippen LogP contribution in [0.2, 0.25) is 0 Å². The molecule has 0 aromatic heterocycles.